The summed E-state index contributed by atoms with van der Waals surface area (Å²) < 4.78 is 0.928. The zero-order valence-corrected chi connectivity index (χ0v) is 9.76. The molecule has 2 nitrogen and oxygen atoms in total. The van der Waals surface area contributed by atoms with Gasteiger partial charge in [-0.05, 0) is 0 Å². The third-order valence-corrected chi connectivity index (χ3v) is 3.09. The Labute approximate surface area is 95.9 Å². The van der Waals surface area contributed by atoms with Crippen molar-refractivity contribution in [2.75, 3.05) is 0 Å². The first-order valence-corrected chi connectivity index (χ1v) is 5.62. The number of hydrogen-bond acceptors (Lipinski definition) is 2. The number of pyridine rings is 2. The molecule has 2 aromatic heterocycles. The summed E-state index contributed by atoms with van der Waals surface area (Å²) in [6, 6.07) is 12.2. The molecule has 2 heterocycles. The normalized spacial score (nSPS) is 11.0. The van der Waals surface area contributed by atoms with Gasteiger partial charge in [0.25, 0.3) is 0 Å². The number of rotatable bonds is 0. The van der Waals surface area contributed by atoms with E-state index in [1.54, 1.807) is 6.20 Å². The van der Waals surface area contributed by atoms with Crippen molar-refractivity contribution < 1.29 is 0 Å². The minimum absolute atomic E-state index is 0.928. The van der Waals surface area contributed by atoms with Crippen LogP contribution in [0.4, 0.5) is 0 Å². The van der Waals surface area contributed by atoms with Crippen LogP contribution in [0.2, 0.25) is 0 Å². The van der Waals surface area contributed by atoms with Gasteiger partial charge in [0.2, 0.25) is 0 Å². The Balaban J connectivity index is 2.64. The Morgan fingerprint density at radius 3 is 2.67 bits per heavy atom. The van der Waals surface area contributed by atoms with Gasteiger partial charge in [0.1, 0.15) is 0 Å². The monoisotopic (exact) mass is 254 g/mol. The van der Waals surface area contributed by atoms with Crippen molar-refractivity contribution >= 4 is 43.1 Å². The zero-order valence-electron chi connectivity index (χ0n) is 7.88. The second kappa shape index (κ2) is 3.32. The summed E-state index contributed by atoms with van der Waals surface area (Å²) in [6.45, 7) is 0. The predicted molar refractivity (Wildman–Crippen MR) is 62.4 cm³/mol. The van der Waals surface area contributed by atoms with E-state index in [1.165, 1.54) is 5.39 Å². The number of para-hydroxylation sites is 1. The molecule has 0 bridgehead atoms. The molecular weight excluding hydrogens is 247 g/mol. The molecule has 15 heavy (non-hydrogen) atoms. The van der Waals surface area contributed by atoms with Gasteiger partial charge in [-0.3, -0.25) is 0 Å². The topological polar surface area (TPSA) is 25.8 Å². The summed E-state index contributed by atoms with van der Waals surface area (Å²) >= 11 is 2.48. The van der Waals surface area contributed by atoms with Crippen LogP contribution in [-0.2, 0) is 0 Å². The number of hydrogen-bond donors (Lipinski definition) is 0. The van der Waals surface area contributed by atoms with Crippen molar-refractivity contribution in [3.05, 3.63) is 42.6 Å². The fourth-order valence-electron chi connectivity index (χ4n) is 1.77. The third kappa shape index (κ3) is 1.33. The van der Waals surface area contributed by atoms with E-state index < -0.39 is 0 Å². The second-order valence-corrected chi connectivity index (χ2v) is 4.24. The van der Waals surface area contributed by atoms with E-state index in [-0.39, 0.29) is 0 Å². The molecule has 0 amide bonds. The fraction of sp³-hybridized carbons (Fsp3) is 0. The molecular formula is C12H7AsN2. The Morgan fingerprint density at radius 2 is 1.73 bits per heavy atom. The van der Waals surface area contributed by atoms with Crippen molar-refractivity contribution in [2.24, 2.45) is 0 Å². The van der Waals surface area contributed by atoms with Crippen LogP contribution in [0.3, 0.4) is 0 Å². The molecule has 0 aliphatic rings. The van der Waals surface area contributed by atoms with E-state index in [4.69, 9.17) is 0 Å². The molecule has 0 fully saturated rings. The predicted octanol–water partition coefficient (Wildman–Crippen LogP) is 1.58. The van der Waals surface area contributed by atoms with Gasteiger partial charge in [-0.25, -0.2) is 0 Å². The fourth-order valence-corrected chi connectivity index (χ4v) is 2.37. The van der Waals surface area contributed by atoms with Crippen LogP contribution in [0.15, 0.2) is 42.6 Å². The van der Waals surface area contributed by atoms with Crippen LogP contribution in [0.5, 0.6) is 0 Å². The van der Waals surface area contributed by atoms with Gasteiger partial charge >= 0.3 is 95.7 Å². The van der Waals surface area contributed by atoms with Gasteiger partial charge in [-0.2, -0.15) is 0 Å². The van der Waals surface area contributed by atoms with Crippen molar-refractivity contribution in [1.29, 1.82) is 0 Å². The van der Waals surface area contributed by atoms with E-state index in [1.807, 2.05) is 24.3 Å². The average Bonchev–Trinajstić information content (AvgIpc) is 2.30. The van der Waals surface area contributed by atoms with Gasteiger partial charge in [0, 0.05) is 0 Å². The van der Waals surface area contributed by atoms with Crippen LogP contribution in [0, 0.1) is 0 Å². The number of benzene rings is 1. The maximum atomic E-state index is 4.51. The Kier molecular flexibility index (Phi) is 1.96. The molecule has 3 aromatic rings. The van der Waals surface area contributed by atoms with Gasteiger partial charge in [-0.1, -0.05) is 0 Å². The van der Waals surface area contributed by atoms with Crippen LogP contribution in [-0.4, -0.2) is 26.8 Å². The van der Waals surface area contributed by atoms with Crippen molar-refractivity contribution in [1.82, 2.24) is 9.97 Å². The van der Waals surface area contributed by atoms with E-state index in [0.717, 1.165) is 20.9 Å². The summed E-state index contributed by atoms with van der Waals surface area (Å²) in [4.78, 5) is 8.87. The van der Waals surface area contributed by atoms with Crippen LogP contribution < -0.4 is 4.48 Å². The van der Waals surface area contributed by atoms with Gasteiger partial charge in [0.05, 0.1) is 0 Å². The zero-order chi connectivity index (χ0) is 10.3. The summed E-state index contributed by atoms with van der Waals surface area (Å²) in [5.74, 6) is 0. The molecule has 0 aliphatic heterocycles. The van der Waals surface area contributed by atoms with E-state index in [0.29, 0.717) is 0 Å². The summed E-state index contributed by atoms with van der Waals surface area (Å²) in [5, 5.41) is 2.33. The SMILES string of the molecule is [As]c1nc2ccccc2c2cccnc12. The molecule has 0 unspecified atom stereocenters. The Bertz CT molecular complexity index is 649. The minimum atomic E-state index is 0.928. The van der Waals surface area contributed by atoms with Crippen molar-refractivity contribution in [2.45, 2.75) is 0 Å². The molecule has 70 valence electrons. The standard InChI is InChI=1S/C12H7AsN2/c13-12-11-9(5-3-7-14-11)8-4-1-2-6-10(8)15-12/h1-7H. The van der Waals surface area contributed by atoms with Crippen molar-refractivity contribution in [3.63, 3.8) is 0 Å². The van der Waals surface area contributed by atoms with Gasteiger partial charge in [-0.15, -0.1) is 0 Å². The quantitative estimate of drug-likeness (QED) is 0.449. The third-order valence-electron chi connectivity index (χ3n) is 2.44. The molecule has 1 aromatic carbocycles. The first-order valence-electron chi connectivity index (χ1n) is 4.69. The molecule has 2 radical (unpaired) electrons. The van der Waals surface area contributed by atoms with Gasteiger partial charge in [0.15, 0.2) is 0 Å². The molecule has 0 saturated carbocycles. The van der Waals surface area contributed by atoms with E-state index in [2.05, 4.69) is 39.0 Å². The second-order valence-electron chi connectivity index (χ2n) is 3.35. The summed E-state index contributed by atoms with van der Waals surface area (Å²) in [5.41, 5.74) is 1.99. The van der Waals surface area contributed by atoms with Crippen LogP contribution >= 0.6 is 0 Å². The number of fused-ring (bicyclic) bond motifs is 3. The molecule has 0 saturated heterocycles. The molecule has 3 rings (SSSR count). The molecule has 0 spiro atoms. The van der Waals surface area contributed by atoms with E-state index in [9.17, 15) is 0 Å². The van der Waals surface area contributed by atoms with Crippen LogP contribution in [0.1, 0.15) is 0 Å². The molecule has 0 aliphatic carbocycles. The van der Waals surface area contributed by atoms with Crippen molar-refractivity contribution in [3.8, 4) is 0 Å². The summed E-state index contributed by atoms with van der Waals surface area (Å²) in [6.07, 6.45) is 1.80. The number of aromatic nitrogens is 2. The van der Waals surface area contributed by atoms with Gasteiger partial charge < -0.3 is 0 Å². The Hall–Kier alpha value is -1.40. The summed E-state index contributed by atoms with van der Waals surface area (Å²) in [7, 11) is 0. The van der Waals surface area contributed by atoms with Crippen LogP contribution in [0.25, 0.3) is 21.8 Å². The van der Waals surface area contributed by atoms with E-state index >= 15 is 0 Å². The Morgan fingerprint density at radius 1 is 0.933 bits per heavy atom. The first kappa shape index (κ1) is 8.87. The molecule has 0 atom stereocenters. The molecule has 0 N–H and O–H groups in total. The maximum absolute atomic E-state index is 4.51. The molecule has 3 heteroatoms. The first-order chi connectivity index (χ1) is 7.36. The average molecular weight is 254 g/mol. The number of nitrogens with zero attached hydrogens (tertiary/aromatic N) is 2.